The number of nitrogen functional groups attached to an aromatic ring is 1. The van der Waals surface area contributed by atoms with Crippen molar-refractivity contribution in [2.75, 3.05) is 31.9 Å². The lowest BCUT2D eigenvalue weighted by molar-refractivity contribution is -0.126. The Balaban J connectivity index is 1.64. The summed E-state index contributed by atoms with van der Waals surface area (Å²) in [5.41, 5.74) is 7.45. The molecular weight excluding hydrogens is 262 g/mol. The molecule has 1 aromatic rings. The van der Waals surface area contributed by atoms with Crippen LogP contribution in [0.2, 0.25) is 0 Å². The van der Waals surface area contributed by atoms with E-state index in [2.05, 4.69) is 4.90 Å². The van der Waals surface area contributed by atoms with E-state index >= 15 is 0 Å². The van der Waals surface area contributed by atoms with Gasteiger partial charge in [0.15, 0.2) is 0 Å². The first kappa shape index (κ1) is 14.1. The number of benzene rings is 1. The van der Waals surface area contributed by atoms with Crippen molar-refractivity contribution in [3.05, 3.63) is 35.9 Å². The molecule has 0 aliphatic carbocycles. The van der Waals surface area contributed by atoms with Crippen molar-refractivity contribution in [1.82, 2.24) is 9.80 Å². The minimum Gasteiger partial charge on any atom is -0.399 e. The van der Waals surface area contributed by atoms with Crippen LogP contribution in [0.25, 0.3) is 6.08 Å². The van der Waals surface area contributed by atoms with Crippen LogP contribution in [0.1, 0.15) is 24.8 Å². The van der Waals surface area contributed by atoms with Crippen molar-refractivity contribution in [2.45, 2.75) is 25.3 Å². The van der Waals surface area contributed by atoms with Gasteiger partial charge in [-0.1, -0.05) is 12.1 Å². The highest BCUT2D eigenvalue weighted by Gasteiger charge is 2.29. The van der Waals surface area contributed by atoms with Crippen molar-refractivity contribution >= 4 is 17.7 Å². The maximum absolute atomic E-state index is 12.4. The molecule has 112 valence electrons. The molecule has 2 aliphatic rings. The molecule has 0 spiro atoms. The lowest BCUT2D eigenvalue weighted by atomic mass is 10.2. The van der Waals surface area contributed by atoms with Crippen LogP contribution >= 0.6 is 0 Å². The predicted octanol–water partition coefficient (Wildman–Crippen LogP) is 1.98. The highest BCUT2D eigenvalue weighted by Crippen LogP contribution is 2.21. The maximum atomic E-state index is 12.4. The van der Waals surface area contributed by atoms with Gasteiger partial charge in [0, 0.05) is 37.4 Å². The van der Waals surface area contributed by atoms with Crippen molar-refractivity contribution in [1.29, 1.82) is 0 Å². The fraction of sp³-hybridized carbons (Fsp3) is 0.471. The number of rotatable bonds is 2. The Kier molecular flexibility index (Phi) is 4.25. The molecule has 2 aliphatic heterocycles. The molecule has 0 saturated carbocycles. The van der Waals surface area contributed by atoms with Gasteiger partial charge in [-0.25, -0.2) is 0 Å². The molecule has 1 aromatic carbocycles. The first-order valence-corrected chi connectivity index (χ1v) is 7.79. The van der Waals surface area contributed by atoms with Gasteiger partial charge in [0.2, 0.25) is 5.91 Å². The molecule has 0 aromatic heterocycles. The molecule has 4 nitrogen and oxygen atoms in total. The van der Waals surface area contributed by atoms with E-state index in [0.717, 1.165) is 37.3 Å². The highest BCUT2D eigenvalue weighted by atomic mass is 16.2. The topological polar surface area (TPSA) is 49.6 Å². The summed E-state index contributed by atoms with van der Waals surface area (Å²) >= 11 is 0. The second kappa shape index (κ2) is 6.31. The van der Waals surface area contributed by atoms with Gasteiger partial charge in [0.05, 0.1) is 0 Å². The molecule has 2 fully saturated rings. The Morgan fingerprint density at radius 2 is 2.10 bits per heavy atom. The zero-order valence-corrected chi connectivity index (χ0v) is 12.4. The summed E-state index contributed by atoms with van der Waals surface area (Å²) in [6, 6.07) is 8.16. The monoisotopic (exact) mass is 285 g/mol. The highest BCUT2D eigenvalue weighted by molar-refractivity contribution is 5.92. The molecule has 2 heterocycles. The van der Waals surface area contributed by atoms with E-state index in [-0.39, 0.29) is 5.91 Å². The van der Waals surface area contributed by atoms with Gasteiger partial charge in [-0.05, 0) is 49.6 Å². The van der Waals surface area contributed by atoms with Gasteiger partial charge in [-0.15, -0.1) is 0 Å². The van der Waals surface area contributed by atoms with Crippen molar-refractivity contribution in [3.63, 3.8) is 0 Å². The van der Waals surface area contributed by atoms with Gasteiger partial charge in [-0.3, -0.25) is 9.69 Å². The third kappa shape index (κ3) is 3.45. The zero-order valence-electron chi connectivity index (χ0n) is 12.4. The minimum absolute atomic E-state index is 0.117. The summed E-state index contributed by atoms with van der Waals surface area (Å²) < 4.78 is 0. The Morgan fingerprint density at radius 1 is 1.24 bits per heavy atom. The Labute approximate surface area is 126 Å². The lowest BCUT2D eigenvalue weighted by Crippen LogP contribution is -2.38. The average molecular weight is 285 g/mol. The molecule has 1 unspecified atom stereocenters. The fourth-order valence-electron chi connectivity index (χ4n) is 3.34. The third-order valence-corrected chi connectivity index (χ3v) is 4.44. The van der Waals surface area contributed by atoms with Crippen LogP contribution in [0, 0.1) is 0 Å². The van der Waals surface area contributed by atoms with Crippen LogP contribution in [0.15, 0.2) is 30.3 Å². The number of amides is 1. The first-order valence-electron chi connectivity index (χ1n) is 7.79. The molecule has 21 heavy (non-hydrogen) atoms. The van der Waals surface area contributed by atoms with E-state index in [1.807, 2.05) is 35.2 Å². The molecular formula is C17H23N3O. The van der Waals surface area contributed by atoms with E-state index in [1.165, 1.54) is 19.4 Å². The summed E-state index contributed by atoms with van der Waals surface area (Å²) in [5, 5.41) is 0. The molecule has 2 N–H and O–H groups in total. The quantitative estimate of drug-likeness (QED) is 0.668. The number of hydrogen-bond donors (Lipinski definition) is 1. The number of nitrogens with zero attached hydrogens (tertiary/aromatic N) is 2. The predicted molar refractivity (Wildman–Crippen MR) is 85.7 cm³/mol. The maximum Gasteiger partial charge on any atom is 0.246 e. The average Bonchev–Trinajstić information content (AvgIpc) is 2.82. The van der Waals surface area contributed by atoms with Crippen molar-refractivity contribution in [2.24, 2.45) is 0 Å². The smallest absolute Gasteiger partial charge is 0.246 e. The summed E-state index contributed by atoms with van der Waals surface area (Å²) in [6.07, 6.45) is 7.11. The van der Waals surface area contributed by atoms with Gasteiger partial charge in [0.1, 0.15) is 0 Å². The van der Waals surface area contributed by atoms with E-state index < -0.39 is 0 Å². The molecule has 3 rings (SSSR count). The number of carbonyl (C=O) groups excluding carboxylic acids is 1. The summed E-state index contributed by atoms with van der Waals surface area (Å²) in [6.45, 7) is 4.08. The second-order valence-corrected chi connectivity index (χ2v) is 5.97. The summed E-state index contributed by atoms with van der Waals surface area (Å²) in [4.78, 5) is 16.9. The van der Waals surface area contributed by atoms with Crippen LogP contribution < -0.4 is 5.73 Å². The minimum atomic E-state index is 0.117. The van der Waals surface area contributed by atoms with Gasteiger partial charge < -0.3 is 10.6 Å². The molecule has 4 heteroatoms. The number of carbonyl (C=O) groups is 1. The van der Waals surface area contributed by atoms with Crippen LogP contribution in [-0.2, 0) is 4.79 Å². The van der Waals surface area contributed by atoms with Gasteiger partial charge in [-0.2, -0.15) is 0 Å². The van der Waals surface area contributed by atoms with Crippen molar-refractivity contribution < 1.29 is 4.79 Å². The van der Waals surface area contributed by atoms with Gasteiger partial charge in [0.25, 0.3) is 0 Å². The molecule has 1 amide bonds. The SMILES string of the molecule is Nc1cccc(/C=C/C(=O)N2CCCN3CCCC3C2)c1. The van der Waals surface area contributed by atoms with Crippen LogP contribution in [0.3, 0.4) is 0 Å². The number of hydrogen-bond acceptors (Lipinski definition) is 3. The first-order chi connectivity index (χ1) is 10.2. The Hall–Kier alpha value is -1.81. The molecule has 0 radical (unpaired) electrons. The number of anilines is 1. The Morgan fingerprint density at radius 3 is 2.95 bits per heavy atom. The van der Waals surface area contributed by atoms with E-state index in [0.29, 0.717) is 6.04 Å². The standard InChI is InChI=1S/C17H23N3O/c18-15-5-1-4-14(12-15)7-8-17(21)20-11-3-10-19-9-2-6-16(19)13-20/h1,4-5,7-8,12,16H,2-3,6,9-11,13,18H2/b8-7+. The largest absolute Gasteiger partial charge is 0.399 e. The zero-order chi connectivity index (χ0) is 14.7. The third-order valence-electron chi connectivity index (χ3n) is 4.44. The number of fused-ring (bicyclic) bond motifs is 1. The van der Waals surface area contributed by atoms with E-state index in [4.69, 9.17) is 5.73 Å². The Bertz CT molecular complexity index is 541. The second-order valence-electron chi connectivity index (χ2n) is 5.97. The van der Waals surface area contributed by atoms with Crippen LogP contribution in [-0.4, -0.2) is 47.9 Å². The van der Waals surface area contributed by atoms with E-state index in [9.17, 15) is 4.79 Å². The molecule has 0 bridgehead atoms. The van der Waals surface area contributed by atoms with Crippen LogP contribution in [0.4, 0.5) is 5.69 Å². The molecule has 1 atom stereocenters. The molecule has 2 saturated heterocycles. The normalized spacial score (nSPS) is 23.2. The fourth-order valence-corrected chi connectivity index (χ4v) is 3.34. The van der Waals surface area contributed by atoms with Crippen molar-refractivity contribution in [3.8, 4) is 0 Å². The number of nitrogens with two attached hydrogens (primary N) is 1. The summed E-state index contributed by atoms with van der Waals surface area (Å²) in [5.74, 6) is 0.117. The lowest BCUT2D eigenvalue weighted by Gasteiger charge is -2.24. The van der Waals surface area contributed by atoms with Gasteiger partial charge >= 0.3 is 0 Å². The van der Waals surface area contributed by atoms with E-state index in [1.54, 1.807) is 6.08 Å². The summed E-state index contributed by atoms with van der Waals surface area (Å²) in [7, 11) is 0. The van der Waals surface area contributed by atoms with Crippen LogP contribution in [0.5, 0.6) is 0 Å².